The maximum Gasteiger partial charge on any atom is 0.272 e. The van der Waals surface area contributed by atoms with Crippen LogP contribution in [-0.2, 0) is 15.4 Å². The van der Waals surface area contributed by atoms with Gasteiger partial charge in [-0.2, -0.15) is 4.31 Å². The first kappa shape index (κ1) is 19.5. The lowest BCUT2D eigenvalue weighted by molar-refractivity contribution is 0.0692. The van der Waals surface area contributed by atoms with Crippen molar-refractivity contribution in [3.63, 3.8) is 0 Å². The van der Waals surface area contributed by atoms with Crippen LogP contribution in [0.25, 0.3) is 0 Å². The van der Waals surface area contributed by atoms with Crippen LogP contribution in [0.4, 0.5) is 0 Å². The highest BCUT2D eigenvalue weighted by Crippen LogP contribution is 2.25. The number of carbonyl (C=O) groups is 1. The number of pyridine rings is 1. The lowest BCUT2D eigenvalue weighted by atomic mass is 9.87. The Hall–Kier alpha value is -2.25. The van der Waals surface area contributed by atoms with Gasteiger partial charge in [0.25, 0.3) is 5.91 Å². The molecule has 0 atom stereocenters. The highest BCUT2D eigenvalue weighted by atomic mass is 32.2. The fraction of sp³-hybridized carbons (Fsp3) is 0.400. The Labute approximate surface area is 160 Å². The highest BCUT2D eigenvalue weighted by molar-refractivity contribution is 7.89. The van der Waals surface area contributed by atoms with E-state index in [0.717, 1.165) is 5.56 Å². The molecule has 144 valence electrons. The second kappa shape index (κ2) is 7.40. The minimum absolute atomic E-state index is 0.0280. The summed E-state index contributed by atoms with van der Waals surface area (Å²) in [5, 5.41) is 0. The summed E-state index contributed by atoms with van der Waals surface area (Å²) in [5.74, 6) is -0.165. The quantitative estimate of drug-likeness (QED) is 0.811. The van der Waals surface area contributed by atoms with Crippen LogP contribution in [0.2, 0.25) is 0 Å². The van der Waals surface area contributed by atoms with E-state index >= 15 is 0 Å². The Bertz CT molecular complexity index is 896. The van der Waals surface area contributed by atoms with Crippen molar-refractivity contribution < 1.29 is 13.2 Å². The number of carbonyl (C=O) groups excluding carboxylic acids is 1. The second-order valence-corrected chi connectivity index (χ2v) is 9.62. The number of benzene rings is 1. The summed E-state index contributed by atoms with van der Waals surface area (Å²) in [4.78, 5) is 18.5. The third-order valence-corrected chi connectivity index (χ3v) is 6.68. The Morgan fingerprint density at radius 2 is 1.59 bits per heavy atom. The predicted octanol–water partition coefficient (Wildman–Crippen LogP) is 2.53. The molecular formula is C20H25N3O3S. The molecule has 2 heterocycles. The molecule has 3 rings (SSSR count). The summed E-state index contributed by atoms with van der Waals surface area (Å²) in [6.45, 7) is 7.55. The van der Waals surface area contributed by atoms with Crippen molar-refractivity contribution in [3.05, 3.63) is 59.9 Å². The van der Waals surface area contributed by atoms with E-state index in [1.807, 2.05) is 12.1 Å². The van der Waals surface area contributed by atoms with Gasteiger partial charge in [-0.3, -0.25) is 9.78 Å². The van der Waals surface area contributed by atoms with Gasteiger partial charge in [-0.05, 0) is 35.2 Å². The smallest absolute Gasteiger partial charge is 0.272 e. The molecule has 0 bridgehead atoms. The molecule has 1 aromatic carbocycles. The standard InChI is InChI=1S/C20H25N3O3S/c1-20(2,3)16-7-9-17(10-8-16)27(25,26)23-14-12-22(13-15-23)19(24)18-6-4-5-11-21-18/h4-11H,12-15H2,1-3H3. The van der Waals surface area contributed by atoms with E-state index in [1.54, 1.807) is 41.4 Å². The fourth-order valence-corrected chi connectivity index (χ4v) is 4.48. The SMILES string of the molecule is CC(C)(C)c1ccc(S(=O)(=O)N2CCN(C(=O)c3ccccn3)CC2)cc1. The molecule has 0 spiro atoms. The summed E-state index contributed by atoms with van der Waals surface area (Å²) in [6.07, 6.45) is 1.58. The van der Waals surface area contributed by atoms with Gasteiger partial charge < -0.3 is 4.90 Å². The van der Waals surface area contributed by atoms with Crippen LogP contribution in [0.5, 0.6) is 0 Å². The molecule has 1 saturated heterocycles. The zero-order valence-electron chi connectivity index (χ0n) is 15.9. The first-order chi connectivity index (χ1) is 12.7. The van der Waals surface area contributed by atoms with Gasteiger partial charge in [0, 0.05) is 32.4 Å². The van der Waals surface area contributed by atoms with Gasteiger partial charge in [-0.25, -0.2) is 8.42 Å². The van der Waals surface area contributed by atoms with Crippen LogP contribution < -0.4 is 0 Å². The molecule has 7 heteroatoms. The molecule has 1 amide bonds. The maximum absolute atomic E-state index is 12.9. The largest absolute Gasteiger partial charge is 0.335 e. The van der Waals surface area contributed by atoms with Crippen LogP contribution in [-0.4, -0.2) is 54.7 Å². The van der Waals surface area contributed by atoms with E-state index < -0.39 is 10.0 Å². The summed E-state index contributed by atoms with van der Waals surface area (Å²) in [7, 11) is -3.56. The van der Waals surface area contributed by atoms with Crippen LogP contribution >= 0.6 is 0 Å². The van der Waals surface area contributed by atoms with Crippen LogP contribution in [0.15, 0.2) is 53.6 Å². The van der Waals surface area contributed by atoms with Gasteiger partial charge in [0.15, 0.2) is 0 Å². The van der Waals surface area contributed by atoms with E-state index in [1.165, 1.54) is 4.31 Å². The predicted molar refractivity (Wildman–Crippen MR) is 104 cm³/mol. The van der Waals surface area contributed by atoms with Gasteiger partial charge in [0.2, 0.25) is 10.0 Å². The van der Waals surface area contributed by atoms with E-state index in [0.29, 0.717) is 23.7 Å². The van der Waals surface area contributed by atoms with E-state index in [9.17, 15) is 13.2 Å². The Kier molecular flexibility index (Phi) is 5.35. The number of aromatic nitrogens is 1. The van der Waals surface area contributed by atoms with Crippen molar-refractivity contribution in [1.82, 2.24) is 14.2 Å². The molecule has 0 N–H and O–H groups in total. The Morgan fingerprint density at radius 1 is 0.963 bits per heavy atom. The van der Waals surface area contributed by atoms with Crippen molar-refractivity contribution >= 4 is 15.9 Å². The highest BCUT2D eigenvalue weighted by Gasteiger charge is 2.31. The minimum Gasteiger partial charge on any atom is -0.335 e. The molecule has 1 aromatic heterocycles. The molecule has 2 aromatic rings. The van der Waals surface area contributed by atoms with Crippen molar-refractivity contribution in [2.45, 2.75) is 31.1 Å². The summed E-state index contributed by atoms with van der Waals surface area (Å²) in [6, 6.07) is 12.3. The van der Waals surface area contributed by atoms with Crippen molar-refractivity contribution in [2.75, 3.05) is 26.2 Å². The maximum atomic E-state index is 12.9. The number of rotatable bonds is 3. The molecule has 0 saturated carbocycles. The summed E-state index contributed by atoms with van der Waals surface area (Å²) in [5.41, 5.74) is 1.44. The van der Waals surface area contributed by atoms with Gasteiger partial charge in [0.05, 0.1) is 4.90 Å². The third-order valence-electron chi connectivity index (χ3n) is 4.77. The average Bonchev–Trinajstić information content (AvgIpc) is 2.67. The molecular weight excluding hydrogens is 362 g/mol. The first-order valence-electron chi connectivity index (χ1n) is 9.00. The molecule has 0 unspecified atom stereocenters. The van der Waals surface area contributed by atoms with Crippen molar-refractivity contribution in [2.24, 2.45) is 0 Å². The first-order valence-corrected chi connectivity index (χ1v) is 10.4. The number of hydrogen-bond acceptors (Lipinski definition) is 4. The van der Waals surface area contributed by atoms with Crippen LogP contribution in [0.1, 0.15) is 36.8 Å². The van der Waals surface area contributed by atoms with E-state index in [2.05, 4.69) is 25.8 Å². The van der Waals surface area contributed by atoms with E-state index in [4.69, 9.17) is 0 Å². The van der Waals surface area contributed by atoms with Gasteiger partial charge >= 0.3 is 0 Å². The molecule has 6 nitrogen and oxygen atoms in total. The second-order valence-electron chi connectivity index (χ2n) is 7.69. The number of nitrogens with zero attached hydrogens (tertiary/aromatic N) is 3. The molecule has 0 radical (unpaired) electrons. The van der Waals surface area contributed by atoms with Gasteiger partial charge in [0.1, 0.15) is 5.69 Å². The molecule has 1 fully saturated rings. The van der Waals surface area contributed by atoms with Crippen LogP contribution in [0, 0.1) is 0 Å². The van der Waals surface area contributed by atoms with Gasteiger partial charge in [-0.1, -0.05) is 39.0 Å². The average molecular weight is 388 g/mol. The van der Waals surface area contributed by atoms with Crippen molar-refractivity contribution in [1.29, 1.82) is 0 Å². The number of hydrogen-bond donors (Lipinski definition) is 0. The summed E-state index contributed by atoms with van der Waals surface area (Å²) < 4.78 is 27.3. The lowest BCUT2D eigenvalue weighted by Gasteiger charge is -2.34. The zero-order valence-corrected chi connectivity index (χ0v) is 16.7. The number of amides is 1. The van der Waals surface area contributed by atoms with Gasteiger partial charge in [-0.15, -0.1) is 0 Å². The number of piperazine rings is 1. The fourth-order valence-electron chi connectivity index (χ4n) is 3.06. The lowest BCUT2D eigenvalue weighted by Crippen LogP contribution is -2.50. The summed E-state index contributed by atoms with van der Waals surface area (Å²) >= 11 is 0. The molecule has 0 aliphatic carbocycles. The van der Waals surface area contributed by atoms with Crippen molar-refractivity contribution in [3.8, 4) is 0 Å². The van der Waals surface area contributed by atoms with E-state index in [-0.39, 0.29) is 24.4 Å². The normalized spacial score (nSPS) is 16.3. The molecule has 1 aliphatic rings. The zero-order chi connectivity index (χ0) is 19.7. The molecule has 27 heavy (non-hydrogen) atoms. The third kappa shape index (κ3) is 4.20. The Balaban J connectivity index is 1.69. The minimum atomic E-state index is -3.56. The topological polar surface area (TPSA) is 70.6 Å². The molecule has 1 aliphatic heterocycles. The Morgan fingerprint density at radius 3 is 2.11 bits per heavy atom. The monoisotopic (exact) mass is 387 g/mol. The van der Waals surface area contributed by atoms with Crippen LogP contribution in [0.3, 0.4) is 0 Å². The number of sulfonamides is 1.